The van der Waals surface area contributed by atoms with Gasteiger partial charge < -0.3 is 8.98 Å². The molecular weight excluding hydrogens is 268 g/mol. The molecule has 1 N–H and O–H groups in total. The lowest BCUT2D eigenvalue weighted by Gasteiger charge is -2.10. The van der Waals surface area contributed by atoms with Crippen LogP contribution in [0, 0.1) is 0 Å². The predicted octanol–water partition coefficient (Wildman–Crippen LogP) is 1.72. The molecule has 0 radical (unpaired) electrons. The van der Waals surface area contributed by atoms with E-state index in [0.29, 0.717) is 18.3 Å². The van der Waals surface area contributed by atoms with E-state index in [1.54, 1.807) is 6.33 Å². The first-order chi connectivity index (χ1) is 10.2. The lowest BCUT2D eigenvalue weighted by Crippen LogP contribution is -2.21. The van der Waals surface area contributed by atoms with E-state index < -0.39 is 0 Å². The molecule has 0 spiro atoms. The maximum absolute atomic E-state index is 5.64. The van der Waals surface area contributed by atoms with Crippen molar-refractivity contribution in [3.63, 3.8) is 0 Å². The fraction of sp³-hybridized carbons (Fsp3) is 0.286. The maximum atomic E-state index is 5.64. The minimum Gasteiger partial charge on any atom is -0.419 e. The molecule has 3 aromatic rings. The summed E-state index contributed by atoms with van der Waals surface area (Å²) in [5.74, 6) is 1.93. The number of aromatic nitrogens is 5. The number of nitrogens with zero attached hydrogens (tertiary/aromatic N) is 5. The number of aryl methyl sites for hydroxylation is 1. The first-order valence-corrected chi connectivity index (χ1v) is 6.69. The Morgan fingerprint density at radius 1 is 1.19 bits per heavy atom. The Kier molecular flexibility index (Phi) is 3.74. The average molecular weight is 284 g/mol. The molecule has 0 saturated heterocycles. The molecule has 1 aromatic carbocycles. The van der Waals surface area contributed by atoms with Gasteiger partial charge in [0, 0.05) is 12.6 Å². The Morgan fingerprint density at radius 3 is 2.71 bits per heavy atom. The zero-order valence-corrected chi connectivity index (χ0v) is 11.9. The van der Waals surface area contributed by atoms with Crippen LogP contribution < -0.4 is 5.32 Å². The normalized spacial score (nSPS) is 12.5. The predicted molar refractivity (Wildman–Crippen MR) is 76.0 cm³/mol. The number of rotatable bonds is 5. The van der Waals surface area contributed by atoms with Gasteiger partial charge in [-0.05, 0) is 19.1 Å². The van der Waals surface area contributed by atoms with E-state index in [1.807, 2.05) is 48.9 Å². The van der Waals surface area contributed by atoms with E-state index in [4.69, 9.17) is 4.42 Å². The van der Waals surface area contributed by atoms with Crippen LogP contribution in [0.25, 0.3) is 11.5 Å². The Hall–Kier alpha value is -2.54. The van der Waals surface area contributed by atoms with Gasteiger partial charge in [0.25, 0.3) is 0 Å². The summed E-state index contributed by atoms with van der Waals surface area (Å²) >= 11 is 0. The highest BCUT2D eigenvalue weighted by Crippen LogP contribution is 2.17. The van der Waals surface area contributed by atoms with Gasteiger partial charge in [-0.25, -0.2) is 0 Å². The third-order valence-corrected chi connectivity index (χ3v) is 3.18. The standard InChI is InChI=1S/C14H16N6O/c1-10(13-18-16-9-20(13)2)15-8-12-17-19-14(21-12)11-6-4-3-5-7-11/h3-7,9-10,15H,8H2,1-2H3. The first-order valence-electron chi connectivity index (χ1n) is 6.69. The van der Waals surface area contributed by atoms with Gasteiger partial charge in [0.05, 0.1) is 12.6 Å². The lowest BCUT2D eigenvalue weighted by atomic mass is 10.2. The smallest absolute Gasteiger partial charge is 0.247 e. The van der Waals surface area contributed by atoms with Crippen LogP contribution in [0.4, 0.5) is 0 Å². The van der Waals surface area contributed by atoms with Crippen molar-refractivity contribution in [3.05, 3.63) is 48.4 Å². The van der Waals surface area contributed by atoms with E-state index in [9.17, 15) is 0 Å². The van der Waals surface area contributed by atoms with Crippen LogP contribution >= 0.6 is 0 Å². The van der Waals surface area contributed by atoms with Crippen molar-refractivity contribution >= 4 is 0 Å². The summed E-state index contributed by atoms with van der Waals surface area (Å²) in [6.07, 6.45) is 1.67. The van der Waals surface area contributed by atoms with E-state index in [1.165, 1.54) is 0 Å². The monoisotopic (exact) mass is 284 g/mol. The van der Waals surface area contributed by atoms with Gasteiger partial charge in [0.1, 0.15) is 12.2 Å². The minimum atomic E-state index is 0.0459. The van der Waals surface area contributed by atoms with E-state index in [0.717, 1.165) is 11.4 Å². The van der Waals surface area contributed by atoms with Crippen LogP contribution in [-0.2, 0) is 13.6 Å². The summed E-state index contributed by atoms with van der Waals surface area (Å²) in [5.41, 5.74) is 0.914. The molecule has 0 amide bonds. The maximum Gasteiger partial charge on any atom is 0.247 e. The molecule has 108 valence electrons. The molecule has 7 heteroatoms. The van der Waals surface area contributed by atoms with Gasteiger partial charge in [-0.1, -0.05) is 18.2 Å². The molecule has 3 rings (SSSR count). The van der Waals surface area contributed by atoms with Crippen molar-refractivity contribution in [3.8, 4) is 11.5 Å². The summed E-state index contributed by atoms with van der Waals surface area (Å²) in [6, 6.07) is 9.75. The molecule has 1 unspecified atom stereocenters. The molecule has 0 aliphatic heterocycles. The Labute approximate surface area is 122 Å². The summed E-state index contributed by atoms with van der Waals surface area (Å²) in [6.45, 7) is 2.49. The molecule has 0 aliphatic carbocycles. The Balaban J connectivity index is 1.64. The van der Waals surface area contributed by atoms with Crippen LogP contribution in [0.15, 0.2) is 41.1 Å². The fourth-order valence-corrected chi connectivity index (χ4v) is 2.04. The second kappa shape index (κ2) is 5.84. The fourth-order valence-electron chi connectivity index (χ4n) is 2.04. The number of hydrogen-bond donors (Lipinski definition) is 1. The average Bonchev–Trinajstić information content (AvgIpc) is 3.15. The summed E-state index contributed by atoms with van der Waals surface area (Å²) < 4.78 is 7.52. The molecule has 2 heterocycles. The molecule has 0 saturated carbocycles. The topological polar surface area (TPSA) is 81.7 Å². The van der Waals surface area contributed by atoms with Crippen molar-refractivity contribution in [1.82, 2.24) is 30.3 Å². The molecule has 2 aromatic heterocycles. The van der Waals surface area contributed by atoms with Crippen LogP contribution in [-0.4, -0.2) is 25.0 Å². The van der Waals surface area contributed by atoms with E-state index >= 15 is 0 Å². The minimum absolute atomic E-state index is 0.0459. The second-order valence-electron chi connectivity index (χ2n) is 4.77. The zero-order chi connectivity index (χ0) is 14.7. The van der Waals surface area contributed by atoms with Gasteiger partial charge in [-0.15, -0.1) is 20.4 Å². The summed E-state index contributed by atoms with van der Waals surface area (Å²) in [5, 5.41) is 19.3. The zero-order valence-electron chi connectivity index (χ0n) is 11.9. The van der Waals surface area contributed by atoms with Crippen molar-refractivity contribution in [2.24, 2.45) is 7.05 Å². The van der Waals surface area contributed by atoms with Gasteiger partial charge >= 0.3 is 0 Å². The lowest BCUT2D eigenvalue weighted by molar-refractivity contribution is 0.442. The summed E-state index contributed by atoms with van der Waals surface area (Å²) in [4.78, 5) is 0. The number of hydrogen-bond acceptors (Lipinski definition) is 6. The summed E-state index contributed by atoms with van der Waals surface area (Å²) in [7, 11) is 1.91. The quantitative estimate of drug-likeness (QED) is 0.768. The van der Waals surface area contributed by atoms with E-state index in [2.05, 4.69) is 25.7 Å². The third-order valence-electron chi connectivity index (χ3n) is 3.18. The van der Waals surface area contributed by atoms with E-state index in [-0.39, 0.29) is 6.04 Å². The van der Waals surface area contributed by atoms with Crippen LogP contribution in [0.5, 0.6) is 0 Å². The largest absolute Gasteiger partial charge is 0.419 e. The first kappa shape index (κ1) is 13.4. The van der Waals surface area contributed by atoms with Gasteiger partial charge in [-0.3, -0.25) is 5.32 Å². The van der Waals surface area contributed by atoms with Crippen LogP contribution in [0.2, 0.25) is 0 Å². The van der Waals surface area contributed by atoms with Crippen molar-refractivity contribution < 1.29 is 4.42 Å². The van der Waals surface area contributed by atoms with Gasteiger partial charge in [-0.2, -0.15) is 0 Å². The number of nitrogens with one attached hydrogen (secondary N) is 1. The molecule has 0 fully saturated rings. The Morgan fingerprint density at radius 2 is 2.00 bits per heavy atom. The molecule has 21 heavy (non-hydrogen) atoms. The Bertz CT molecular complexity index is 705. The SMILES string of the molecule is CC(NCc1nnc(-c2ccccc2)o1)c1nncn1C. The molecule has 0 aliphatic rings. The van der Waals surface area contributed by atoms with Crippen molar-refractivity contribution in [1.29, 1.82) is 0 Å². The highest BCUT2D eigenvalue weighted by atomic mass is 16.4. The third kappa shape index (κ3) is 2.97. The molecule has 1 atom stereocenters. The highest BCUT2D eigenvalue weighted by Gasteiger charge is 2.13. The highest BCUT2D eigenvalue weighted by molar-refractivity contribution is 5.51. The van der Waals surface area contributed by atoms with Crippen LogP contribution in [0.3, 0.4) is 0 Å². The van der Waals surface area contributed by atoms with Crippen LogP contribution in [0.1, 0.15) is 24.7 Å². The molecule has 7 nitrogen and oxygen atoms in total. The van der Waals surface area contributed by atoms with Gasteiger partial charge in [0.15, 0.2) is 0 Å². The molecule has 0 bridgehead atoms. The number of benzene rings is 1. The second-order valence-corrected chi connectivity index (χ2v) is 4.77. The molecular formula is C14H16N6O. The van der Waals surface area contributed by atoms with Gasteiger partial charge in [0.2, 0.25) is 11.8 Å². The van der Waals surface area contributed by atoms with Crippen molar-refractivity contribution in [2.75, 3.05) is 0 Å². The van der Waals surface area contributed by atoms with Crippen molar-refractivity contribution in [2.45, 2.75) is 19.5 Å².